The van der Waals surface area contributed by atoms with E-state index in [1.54, 1.807) is 18.2 Å². The molecule has 2 aromatic carbocycles. The number of methoxy groups -OCH3 is 2. The van der Waals surface area contributed by atoms with E-state index in [-0.39, 0.29) is 12.4 Å². The number of hydrogen-bond donors (Lipinski definition) is 0. The molecule has 0 bridgehead atoms. The molecule has 0 atom stereocenters. The molecule has 1 heterocycles. The van der Waals surface area contributed by atoms with Crippen LogP contribution < -0.4 is 4.90 Å². The van der Waals surface area contributed by atoms with Crippen molar-refractivity contribution in [1.82, 2.24) is 0 Å². The van der Waals surface area contributed by atoms with E-state index in [1.165, 1.54) is 21.1 Å². The highest BCUT2D eigenvalue weighted by Crippen LogP contribution is 2.42. The minimum atomic E-state index is -0.457. The number of benzene rings is 2. The van der Waals surface area contributed by atoms with Crippen molar-refractivity contribution in [1.29, 1.82) is 0 Å². The van der Waals surface area contributed by atoms with Gasteiger partial charge in [0.1, 0.15) is 5.76 Å². The Balaban J connectivity index is 2.03. The van der Waals surface area contributed by atoms with Crippen molar-refractivity contribution in [2.45, 2.75) is 19.8 Å². The van der Waals surface area contributed by atoms with Crippen LogP contribution in [0.15, 0.2) is 42.5 Å². The van der Waals surface area contributed by atoms with Crippen molar-refractivity contribution in [3.05, 3.63) is 64.2 Å². The summed E-state index contributed by atoms with van der Waals surface area (Å²) in [5.41, 5.74) is 2.96. The van der Waals surface area contributed by atoms with Gasteiger partial charge in [0.25, 0.3) is 5.91 Å². The van der Waals surface area contributed by atoms with Gasteiger partial charge < -0.3 is 9.47 Å². The summed E-state index contributed by atoms with van der Waals surface area (Å²) < 4.78 is 10.2. The van der Waals surface area contributed by atoms with Gasteiger partial charge in [-0.1, -0.05) is 41.9 Å². The van der Waals surface area contributed by atoms with Crippen LogP contribution in [0.25, 0.3) is 11.3 Å². The zero-order chi connectivity index (χ0) is 21.1. The van der Waals surface area contributed by atoms with Crippen LogP contribution in [0.2, 0.25) is 5.02 Å². The Labute approximate surface area is 173 Å². The summed E-state index contributed by atoms with van der Waals surface area (Å²) in [6.45, 7) is 1.33. The van der Waals surface area contributed by atoms with E-state index >= 15 is 0 Å². The number of fused-ring (bicyclic) bond motifs is 1. The predicted molar refractivity (Wildman–Crippen MR) is 110 cm³/mol. The lowest BCUT2D eigenvalue weighted by Gasteiger charge is -2.13. The van der Waals surface area contributed by atoms with Gasteiger partial charge in [-0.05, 0) is 24.1 Å². The predicted octanol–water partition coefficient (Wildman–Crippen LogP) is 3.85. The molecular weight excluding hydrogens is 394 g/mol. The van der Waals surface area contributed by atoms with E-state index in [9.17, 15) is 14.4 Å². The maximum atomic E-state index is 13.0. The monoisotopic (exact) mass is 413 g/mol. The molecule has 29 heavy (non-hydrogen) atoms. The van der Waals surface area contributed by atoms with Crippen LogP contribution in [-0.2, 0) is 30.3 Å². The topological polar surface area (TPSA) is 72.9 Å². The molecule has 0 unspecified atom stereocenters. The fraction of sp³-hybridized carbons (Fsp3) is 0.227. The molecule has 6 nitrogen and oxygen atoms in total. The number of ether oxygens (including phenoxy) is 2. The highest BCUT2D eigenvalue weighted by Gasteiger charge is 2.38. The van der Waals surface area contributed by atoms with Crippen LogP contribution in [0.3, 0.4) is 0 Å². The average molecular weight is 414 g/mol. The number of anilines is 1. The molecule has 0 radical (unpaired) electrons. The van der Waals surface area contributed by atoms with E-state index in [0.717, 1.165) is 10.5 Å². The number of imide groups is 1. The van der Waals surface area contributed by atoms with Crippen molar-refractivity contribution < 1.29 is 23.9 Å². The molecular formula is C22H20ClNO5. The average Bonchev–Trinajstić information content (AvgIpc) is 2.99. The van der Waals surface area contributed by atoms with Crippen molar-refractivity contribution in [2.24, 2.45) is 0 Å². The van der Waals surface area contributed by atoms with Gasteiger partial charge in [0.15, 0.2) is 0 Å². The Hall–Kier alpha value is -3.12. The van der Waals surface area contributed by atoms with Crippen LogP contribution in [0.1, 0.15) is 30.0 Å². The Bertz CT molecular complexity index is 1010. The van der Waals surface area contributed by atoms with Crippen LogP contribution in [0.4, 0.5) is 5.69 Å². The van der Waals surface area contributed by atoms with Crippen LogP contribution in [0.5, 0.6) is 0 Å². The molecule has 0 saturated heterocycles. The molecule has 150 valence electrons. The van der Waals surface area contributed by atoms with Gasteiger partial charge >= 0.3 is 5.97 Å². The number of rotatable bonds is 5. The molecule has 7 heteroatoms. The number of carbonyl (C=O) groups excluding carboxylic acids is 3. The lowest BCUT2D eigenvalue weighted by Crippen LogP contribution is -2.31. The molecule has 0 saturated carbocycles. The van der Waals surface area contributed by atoms with E-state index in [4.69, 9.17) is 16.3 Å². The number of nitrogens with zero attached hydrogens (tertiary/aromatic N) is 1. The van der Waals surface area contributed by atoms with Gasteiger partial charge in [-0.3, -0.25) is 14.4 Å². The van der Waals surface area contributed by atoms with Crippen molar-refractivity contribution >= 4 is 46.4 Å². The van der Waals surface area contributed by atoms with Gasteiger partial charge in [-0.2, -0.15) is 0 Å². The summed E-state index contributed by atoms with van der Waals surface area (Å²) in [7, 11) is 2.84. The van der Waals surface area contributed by atoms with Gasteiger partial charge in [0.05, 0.1) is 25.5 Å². The lowest BCUT2D eigenvalue weighted by atomic mass is 10.0. The SMILES string of the molecule is COC(=O)CCc1ccc(/C(OC)=C2\C(=O)N(C(C)=O)c3cc(Cl)ccc32)cc1. The van der Waals surface area contributed by atoms with Gasteiger partial charge in [-0.25, -0.2) is 4.90 Å². The quantitative estimate of drug-likeness (QED) is 0.423. The van der Waals surface area contributed by atoms with Crippen LogP contribution >= 0.6 is 11.6 Å². The third kappa shape index (κ3) is 4.03. The molecule has 0 spiro atoms. The molecule has 2 aromatic rings. The first-order valence-corrected chi connectivity index (χ1v) is 9.34. The number of amides is 2. The van der Waals surface area contributed by atoms with Crippen molar-refractivity contribution in [3.63, 3.8) is 0 Å². The van der Waals surface area contributed by atoms with Crippen molar-refractivity contribution in [2.75, 3.05) is 19.1 Å². The fourth-order valence-electron chi connectivity index (χ4n) is 3.31. The van der Waals surface area contributed by atoms with Crippen molar-refractivity contribution in [3.8, 4) is 0 Å². The van der Waals surface area contributed by atoms with Crippen LogP contribution in [0, 0.1) is 0 Å². The Morgan fingerprint density at radius 2 is 1.72 bits per heavy atom. The minimum Gasteiger partial charge on any atom is -0.495 e. The second-order valence-electron chi connectivity index (χ2n) is 6.50. The third-order valence-corrected chi connectivity index (χ3v) is 4.93. The van der Waals surface area contributed by atoms with E-state index < -0.39 is 11.8 Å². The standard InChI is InChI=1S/C22H20ClNO5/c1-13(25)24-18-12-16(23)9-10-17(18)20(22(24)27)21(29-3)15-7-4-14(5-8-15)6-11-19(26)28-2/h4-5,7-10,12H,6,11H2,1-3H3/b21-20+. The zero-order valence-electron chi connectivity index (χ0n) is 16.3. The Morgan fingerprint density at radius 3 is 2.31 bits per heavy atom. The number of aryl methyl sites for hydroxylation is 1. The molecule has 0 N–H and O–H groups in total. The Morgan fingerprint density at radius 1 is 1.03 bits per heavy atom. The maximum absolute atomic E-state index is 13.0. The normalized spacial score (nSPS) is 14.5. The number of carbonyl (C=O) groups is 3. The maximum Gasteiger partial charge on any atom is 0.305 e. The molecule has 2 amide bonds. The number of hydrogen-bond acceptors (Lipinski definition) is 5. The summed E-state index contributed by atoms with van der Waals surface area (Å²) in [5.74, 6) is -0.768. The van der Waals surface area contributed by atoms with Crippen LogP contribution in [-0.4, -0.2) is 32.0 Å². The molecule has 1 aliphatic heterocycles. The third-order valence-electron chi connectivity index (χ3n) is 4.69. The minimum absolute atomic E-state index is 0.273. The lowest BCUT2D eigenvalue weighted by molar-refractivity contribution is -0.140. The molecule has 3 rings (SSSR count). The first-order valence-electron chi connectivity index (χ1n) is 8.96. The second kappa shape index (κ2) is 8.49. The second-order valence-corrected chi connectivity index (χ2v) is 6.94. The van der Waals surface area contributed by atoms with E-state index in [2.05, 4.69) is 4.74 Å². The summed E-state index contributed by atoms with van der Waals surface area (Å²) in [4.78, 5) is 37.5. The summed E-state index contributed by atoms with van der Waals surface area (Å²) in [6.07, 6.45) is 0.832. The molecule has 0 aliphatic carbocycles. The Kier molecular flexibility index (Phi) is 6.03. The summed E-state index contributed by atoms with van der Waals surface area (Å²) >= 11 is 6.07. The number of halogens is 1. The first kappa shape index (κ1) is 20.6. The van der Waals surface area contributed by atoms with Gasteiger partial charge in [0, 0.05) is 29.5 Å². The number of esters is 1. The zero-order valence-corrected chi connectivity index (χ0v) is 17.1. The summed E-state index contributed by atoms with van der Waals surface area (Å²) in [6, 6.07) is 12.3. The van der Waals surface area contributed by atoms with Gasteiger partial charge in [0.2, 0.25) is 5.91 Å². The smallest absolute Gasteiger partial charge is 0.305 e. The molecule has 0 aromatic heterocycles. The highest BCUT2D eigenvalue weighted by atomic mass is 35.5. The van der Waals surface area contributed by atoms with E-state index in [1.807, 2.05) is 24.3 Å². The first-order chi connectivity index (χ1) is 13.9. The molecule has 1 aliphatic rings. The van der Waals surface area contributed by atoms with Gasteiger partial charge in [-0.15, -0.1) is 0 Å². The summed E-state index contributed by atoms with van der Waals surface area (Å²) in [5, 5.41) is 0.429. The highest BCUT2D eigenvalue weighted by molar-refractivity contribution is 6.43. The largest absolute Gasteiger partial charge is 0.495 e. The van der Waals surface area contributed by atoms with E-state index in [0.29, 0.717) is 39.6 Å². The molecule has 0 fully saturated rings. The fourth-order valence-corrected chi connectivity index (χ4v) is 3.47.